The summed E-state index contributed by atoms with van der Waals surface area (Å²) in [6.45, 7) is 0. The average molecular weight is 215 g/mol. The summed E-state index contributed by atoms with van der Waals surface area (Å²) in [6, 6.07) is 5.64. The van der Waals surface area contributed by atoms with Crippen LogP contribution in [0.15, 0.2) is 23.3 Å². The Morgan fingerprint density at radius 2 is 2.38 bits per heavy atom. The monoisotopic (exact) mass is 215 g/mol. The topological polar surface area (TPSA) is 46.4 Å². The quantitative estimate of drug-likeness (QED) is 0.432. The van der Waals surface area contributed by atoms with Crippen LogP contribution in [0.5, 0.6) is 0 Å². The number of amides is 1. The zero-order chi connectivity index (χ0) is 11.4. The molecule has 1 aliphatic rings. The van der Waals surface area contributed by atoms with E-state index >= 15 is 0 Å². The lowest BCUT2D eigenvalue weighted by molar-refractivity contribution is -0.109. The summed E-state index contributed by atoms with van der Waals surface area (Å²) in [6.07, 6.45) is 2.98. The van der Waals surface area contributed by atoms with Gasteiger partial charge < -0.3 is 4.57 Å². The molecule has 0 aromatic carbocycles. The van der Waals surface area contributed by atoms with Gasteiger partial charge in [-0.15, -0.1) is 0 Å². The summed E-state index contributed by atoms with van der Waals surface area (Å²) in [5, 5.41) is 3.90. The van der Waals surface area contributed by atoms with Gasteiger partial charge in [-0.25, -0.2) is 5.43 Å². The van der Waals surface area contributed by atoms with Crippen molar-refractivity contribution in [2.45, 2.75) is 12.8 Å². The number of nitrogens with one attached hydrogen (secondary N) is 1. The molecule has 1 fully saturated rings. The Balaban J connectivity index is 2.32. The van der Waals surface area contributed by atoms with Gasteiger partial charge in [-0.3, -0.25) is 4.79 Å². The molecule has 0 radical (unpaired) electrons. The Morgan fingerprint density at radius 3 is 3.06 bits per heavy atom. The predicted molar refractivity (Wildman–Crippen MR) is 59.8 cm³/mol. The summed E-state index contributed by atoms with van der Waals surface area (Å²) in [5.41, 5.74) is 3.86. The molecule has 16 heavy (non-hydrogen) atoms. The lowest BCUT2D eigenvalue weighted by Gasteiger charge is -2.02. The predicted octanol–water partition coefficient (Wildman–Crippen LogP) is 0.348. The second-order valence-corrected chi connectivity index (χ2v) is 3.73. The lowest BCUT2D eigenvalue weighted by Crippen LogP contribution is -2.23. The second kappa shape index (κ2) is 4.67. The smallest absolute Gasteiger partial charge is 0.227 e. The number of hydrogen-bond acceptors (Lipinski definition) is 2. The third-order valence-electron chi connectivity index (χ3n) is 2.42. The molecule has 82 valence electrons. The molecule has 4 nitrogen and oxygen atoms in total. The van der Waals surface area contributed by atoms with Gasteiger partial charge in [0.15, 0.2) is 5.49 Å². The molecule has 0 aliphatic heterocycles. The van der Waals surface area contributed by atoms with Gasteiger partial charge in [0.2, 0.25) is 6.41 Å². The Morgan fingerprint density at radius 1 is 1.56 bits per heavy atom. The minimum absolute atomic E-state index is 0.544. The number of rotatable bonds is 2. The molecule has 0 atom stereocenters. The normalized spacial score (nSPS) is 15.2. The van der Waals surface area contributed by atoms with E-state index < -0.39 is 0 Å². The first-order valence-corrected chi connectivity index (χ1v) is 5.22. The summed E-state index contributed by atoms with van der Waals surface area (Å²) >= 11 is 0. The van der Waals surface area contributed by atoms with Crippen molar-refractivity contribution in [1.29, 1.82) is 0 Å². The summed E-state index contributed by atoms with van der Waals surface area (Å²) in [4.78, 5) is 10.2. The van der Waals surface area contributed by atoms with Gasteiger partial charge in [0.1, 0.15) is 0 Å². The zero-order valence-electron chi connectivity index (χ0n) is 9.10. The second-order valence-electron chi connectivity index (χ2n) is 3.73. The molecule has 1 N–H and O–H groups in total. The van der Waals surface area contributed by atoms with Crippen molar-refractivity contribution in [2.75, 3.05) is 0 Å². The van der Waals surface area contributed by atoms with Crippen LogP contribution < -0.4 is 10.9 Å². The molecule has 1 heterocycles. The maximum Gasteiger partial charge on any atom is 0.227 e. The number of carbonyl (C=O) groups is 1. The minimum Gasteiger partial charge on any atom is -0.321 e. The largest absolute Gasteiger partial charge is 0.321 e. The fraction of sp³-hybridized carbons (Fsp3) is 0.333. The molecule has 1 aromatic rings. The highest BCUT2D eigenvalue weighted by atomic mass is 16.1. The van der Waals surface area contributed by atoms with Crippen LogP contribution >= 0.6 is 0 Å². The summed E-state index contributed by atoms with van der Waals surface area (Å²) in [5.74, 6) is 6.90. The maximum atomic E-state index is 10.2. The van der Waals surface area contributed by atoms with Crippen molar-refractivity contribution >= 4 is 6.41 Å². The molecule has 0 unspecified atom stereocenters. The number of pyridine rings is 1. The van der Waals surface area contributed by atoms with Gasteiger partial charge in [-0.05, 0) is 30.9 Å². The summed E-state index contributed by atoms with van der Waals surface area (Å²) in [7, 11) is 1.88. The highest BCUT2D eigenvalue weighted by Crippen LogP contribution is 2.27. The van der Waals surface area contributed by atoms with E-state index in [0.717, 1.165) is 5.69 Å². The number of aromatic nitrogens is 1. The standard InChI is InChI=1S/C12H13N3O/c1-15-11(8-7-10-5-6-10)3-2-4-12(15)14-13-9-16/h2-4,9-10H,5-6H2,1H3,(H,13,16)/b14-12-. The van der Waals surface area contributed by atoms with Gasteiger partial charge in [0, 0.05) is 13.0 Å². The van der Waals surface area contributed by atoms with Gasteiger partial charge in [-0.2, -0.15) is 5.10 Å². The Bertz CT molecular complexity index is 515. The van der Waals surface area contributed by atoms with Crippen LogP contribution in [-0.4, -0.2) is 11.0 Å². The molecular formula is C12H13N3O. The average Bonchev–Trinajstić information content (AvgIpc) is 3.10. The van der Waals surface area contributed by atoms with E-state index in [1.165, 1.54) is 12.8 Å². The van der Waals surface area contributed by atoms with Crippen molar-refractivity contribution in [1.82, 2.24) is 9.99 Å². The van der Waals surface area contributed by atoms with Crippen molar-refractivity contribution in [3.63, 3.8) is 0 Å². The van der Waals surface area contributed by atoms with Crippen LogP contribution in [-0.2, 0) is 11.8 Å². The van der Waals surface area contributed by atoms with E-state index in [4.69, 9.17) is 0 Å². The van der Waals surface area contributed by atoms with Gasteiger partial charge in [0.05, 0.1) is 5.69 Å². The molecule has 0 spiro atoms. The number of carbonyl (C=O) groups excluding carboxylic acids is 1. The fourth-order valence-electron chi connectivity index (χ4n) is 1.31. The highest BCUT2D eigenvalue weighted by molar-refractivity contribution is 5.45. The SMILES string of the molecule is Cn1c(C#CC2CC2)ccc/c1=N/NC=O. The Kier molecular flexibility index (Phi) is 3.06. The summed E-state index contributed by atoms with van der Waals surface area (Å²) < 4.78 is 1.85. The van der Waals surface area contributed by atoms with E-state index in [1.807, 2.05) is 29.8 Å². The van der Waals surface area contributed by atoms with Crippen LogP contribution in [0.25, 0.3) is 0 Å². The van der Waals surface area contributed by atoms with E-state index in [1.54, 1.807) is 0 Å². The fourth-order valence-corrected chi connectivity index (χ4v) is 1.31. The van der Waals surface area contributed by atoms with Gasteiger partial charge >= 0.3 is 0 Å². The first kappa shape index (κ1) is 10.5. The molecule has 4 heteroatoms. The van der Waals surface area contributed by atoms with Crippen molar-refractivity contribution in [3.05, 3.63) is 29.4 Å². The van der Waals surface area contributed by atoms with Crippen molar-refractivity contribution < 1.29 is 4.79 Å². The highest BCUT2D eigenvalue weighted by Gasteiger charge is 2.17. The van der Waals surface area contributed by atoms with Crippen molar-refractivity contribution in [3.8, 4) is 11.8 Å². The Hall–Kier alpha value is -2.02. The number of nitrogens with zero attached hydrogens (tertiary/aromatic N) is 2. The van der Waals surface area contributed by atoms with E-state index in [-0.39, 0.29) is 0 Å². The third-order valence-corrected chi connectivity index (χ3v) is 2.42. The van der Waals surface area contributed by atoms with Crippen molar-refractivity contribution in [2.24, 2.45) is 18.1 Å². The van der Waals surface area contributed by atoms with Gasteiger partial charge in [0.25, 0.3) is 0 Å². The van der Waals surface area contributed by atoms with Crippen LogP contribution in [0.3, 0.4) is 0 Å². The molecule has 1 aromatic heterocycles. The minimum atomic E-state index is 0.544. The number of hydrogen-bond donors (Lipinski definition) is 1. The van der Waals surface area contributed by atoms with Crippen LogP contribution in [0.2, 0.25) is 0 Å². The van der Waals surface area contributed by atoms with Gasteiger partial charge in [-0.1, -0.05) is 12.0 Å². The van der Waals surface area contributed by atoms with Crippen LogP contribution in [0, 0.1) is 17.8 Å². The first-order chi connectivity index (χ1) is 7.81. The zero-order valence-corrected chi connectivity index (χ0v) is 9.10. The van der Waals surface area contributed by atoms with Crippen LogP contribution in [0.4, 0.5) is 0 Å². The molecule has 1 aliphatic carbocycles. The van der Waals surface area contributed by atoms with Crippen LogP contribution in [0.1, 0.15) is 18.5 Å². The Labute approximate surface area is 94.0 Å². The molecular weight excluding hydrogens is 202 g/mol. The third kappa shape index (κ3) is 2.51. The maximum absolute atomic E-state index is 10.2. The van der Waals surface area contributed by atoms with E-state index in [2.05, 4.69) is 22.4 Å². The van der Waals surface area contributed by atoms with E-state index in [9.17, 15) is 4.79 Å². The lowest BCUT2D eigenvalue weighted by atomic mass is 10.3. The first-order valence-electron chi connectivity index (χ1n) is 5.22. The molecule has 2 rings (SSSR count). The molecule has 1 amide bonds. The molecule has 1 saturated carbocycles. The molecule has 0 saturated heterocycles. The molecule has 0 bridgehead atoms. The van der Waals surface area contributed by atoms with E-state index in [0.29, 0.717) is 17.8 Å².